The average molecular weight is 291 g/mol. The molecule has 1 aromatic carbocycles. The number of carbonyl (C=O) groups is 2. The predicted molar refractivity (Wildman–Crippen MR) is 84.2 cm³/mol. The fraction of sp³-hybridized carbons (Fsp3) is 0.529. The van der Waals surface area contributed by atoms with Crippen LogP contribution < -0.4 is 5.32 Å². The zero-order chi connectivity index (χ0) is 16.0. The summed E-state index contributed by atoms with van der Waals surface area (Å²) in [5, 5.41) is 2.80. The second-order valence-electron chi connectivity index (χ2n) is 5.87. The number of esters is 1. The molecule has 1 N–H and O–H groups in total. The molecular formula is C17H25NO3. The minimum atomic E-state index is -0.787. The maximum absolute atomic E-state index is 12.1. The summed E-state index contributed by atoms with van der Waals surface area (Å²) < 4.78 is 5.15. The highest BCUT2D eigenvalue weighted by atomic mass is 16.5. The molecule has 0 radical (unpaired) electrons. The fourth-order valence-electron chi connectivity index (χ4n) is 1.82. The topological polar surface area (TPSA) is 55.4 Å². The summed E-state index contributed by atoms with van der Waals surface area (Å²) in [5.41, 5.74) is 2.80. The molecule has 116 valence electrons. The van der Waals surface area contributed by atoms with Crippen LogP contribution in [-0.4, -0.2) is 18.0 Å². The molecule has 0 heterocycles. The third-order valence-corrected chi connectivity index (χ3v) is 3.25. The first kappa shape index (κ1) is 17.2. The van der Waals surface area contributed by atoms with Crippen LogP contribution in [0.2, 0.25) is 0 Å². The Hall–Kier alpha value is -1.84. The second-order valence-corrected chi connectivity index (χ2v) is 5.87. The summed E-state index contributed by atoms with van der Waals surface area (Å²) in [6.45, 7) is 9.57. The normalized spacial score (nSPS) is 12.1. The van der Waals surface area contributed by atoms with Gasteiger partial charge in [0.1, 0.15) is 0 Å². The number of anilines is 1. The Morgan fingerprint density at radius 2 is 1.86 bits per heavy atom. The van der Waals surface area contributed by atoms with E-state index in [1.54, 1.807) is 6.92 Å². The van der Waals surface area contributed by atoms with Gasteiger partial charge in [-0.05, 0) is 50.3 Å². The van der Waals surface area contributed by atoms with Gasteiger partial charge in [0, 0.05) is 12.1 Å². The first-order valence-corrected chi connectivity index (χ1v) is 7.37. The lowest BCUT2D eigenvalue weighted by atomic mass is 10.1. The van der Waals surface area contributed by atoms with E-state index in [0.29, 0.717) is 12.3 Å². The Kier molecular flexibility index (Phi) is 6.40. The Morgan fingerprint density at radius 3 is 2.48 bits per heavy atom. The van der Waals surface area contributed by atoms with Crippen LogP contribution in [-0.2, 0) is 14.3 Å². The summed E-state index contributed by atoms with van der Waals surface area (Å²) in [6, 6.07) is 5.84. The van der Waals surface area contributed by atoms with Crippen molar-refractivity contribution in [3.8, 4) is 0 Å². The SMILES string of the molecule is Cc1ccc(C)c(NC(=O)[C@@H](C)OC(=O)CCC(C)C)c1. The maximum atomic E-state index is 12.1. The zero-order valence-electron chi connectivity index (χ0n) is 13.5. The van der Waals surface area contributed by atoms with E-state index in [2.05, 4.69) is 5.32 Å². The van der Waals surface area contributed by atoms with Crippen LogP contribution in [0.25, 0.3) is 0 Å². The smallest absolute Gasteiger partial charge is 0.306 e. The highest BCUT2D eigenvalue weighted by molar-refractivity contribution is 5.95. The molecule has 0 fully saturated rings. The molecule has 21 heavy (non-hydrogen) atoms. The summed E-state index contributed by atoms with van der Waals surface area (Å²) >= 11 is 0. The van der Waals surface area contributed by atoms with Crippen LogP contribution in [0, 0.1) is 19.8 Å². The van der Waals surface area contributed by atoms with E-state index in [1.807, 2.05) is 45.9 Å². The highest BCUT2D eigenvalue weighted by Gasteiger charge is 2.18. The van der Waals surface area contributed by atoms with Crippen molar-refractivity contribution in [3.63, 3.8) is 0 Å². The van der Waals surface area contributed by atoms with Crippen LogP contribution in [0.4, 0.5) is 5.69 Å². The van der Waals surface area contributed by atoms with Crippen molar-refractivity contribution in [2.45, 2.75) is 53.6 Å². The minimum absolute atomic E-state index is 0.304. The van der Waals surface area contributed by atoms with E-state index in [0.717, 1.165) is 23.2 Å². The zero-order valence-corrected chi connectivity index (χ0v) is 13.5. The van der Waals surface area contributed by atoms with Crippen molar-refractivity contribution < 1.29 is 14.3 Å². The van der Waals surface area contributed by atoms with Gasteiger partial charge in [-0.15, -0.1) is 0 Å². The molecule has 1 amide bonds. The Morgan fingerprint density at radius 1 is 1.19 bits per heavy atom. The predicted octanol–water partition coefficient (Wildman–Crippen LogP) is 3.61. The van der Waals surface area contributed by atoms with Crippen molar-refractivity contribution >= 4 is 17.6 Å². The minimum Gasteiger partial charge on any atom is -0.453 e. The molecule has 1 atom stereocenters. The molecule has 0 saturated carbocycles. The Balaban J connectivity index is 2.54. The van der Waals surface area contributed by atoms with Gasteiger partial charge in [-0.3, -0.25) is 9.59 Å². The van der Waals surface area contributed by atoms with Crippen LogP contribution in [0.5, 0.6) is 0 Å². The fourth-order valence-corrected chi connectivity index (χ4v) is 1.82. The van der Waals surface area contributed by atoms with Gasteiger partial charge in [0.15, 0.2) is 6.10 Å². The highest BCUT2D eigenvalue weighted by Crippen LogP contribution is 2.17. The Labute approximate surface area is 126 Å². The first-order valence-electron chi connectivity index (χ1n) is 7.37. The molecule has 0 aliphatic rings. The summed E-state index contributed by atoms with van der Waals surface area (Å²) in [5.74, 6) is -0.189. The van der Waals surface area contributed by atoms with E-state index in [9.17, 15) is 9.59 Å². The molecule has 0 saturated heterocycles. The lowest BCUT2D eigenvalue weighted by Gasteiger charge is -2.15. The molecule has 0 aliphatic carbocycles. The molecule has 4 heteroatoms. The number of ether oxygens (including phenoxy) is 1. The lowest BCUT2D eigenvalue weighted by Crippen LogP contribution is -2.30. The molecular weight excluding hydrogens is 266 g/mol. The molecule has 4 nitrogen and oxygen atoms in total. The van der Waals surface area contributed by atoms with E-state index in [4.69, 9.17) is 4.74 Å². The third-order valence-electron chi connectivity index (χ3n) is 3.25. The quantitative estimate of drug-likeness (QED) is 0.815. The standard InChI is InChI=1S/C17H25NO3/c1-11(2)6-9-16(19)21-14(5)17(20)18-15-10-12(3)7-8-13(15)4/h7-8,10-11,14H,6,9H2,1-5H3,(H,18,20)/t14-/m1/s1. The number of rotatable bonds is 6. The van der Waals surface area contributed by atoms with Gasteiger partial charge < -0.3 is 10.1 Å². The van der Waals surface area contributed by atoms with Crippen molar-refractivity contribution in [3.05, 3.63) is 29.3 Å². The number of hydrogen-bond donors (Lipinski definition) is 1. The van der Waals surface area contributed by atoms with Crippen LogP contribution in [0.3, 0.4) is 0 Å². The Bertz CT molecular complexity index is 509. The van der Waals surface area contributed by atoms with E-state index in [1.165, 1.54) is 0 Å². The third kappa shape index (κ3) is 5.98. The van der Waals surface area contributed by atoms with Gasteiger partial charge in [-0.25, -0.2) is 0 Å². The number of aryl methyl sites for hydroxylation is 2. The van der Waals surface area contributed by atoms with E-state index >= 15 is 0 Å². The molecule has 0 unspecified atom stereocenters. The number of carbonyl (C=O) groups excluding carboxylic acids is 2. The van der Waals surface area contributed by atoms with Gasteiger partial charge in [-0.2, -0.15) is 0 Å². The number of hydrogen-bond acceptors (Lipinski definition) is 3. The van der Waals surface area contributed by atoms with Crippen LogP contribution in [0.1, 0.15) is 44.7 Å². The largest absolute Gasteiger partial charge is 0.453 e. The van der Waals surface area contributed by atoms with Crippen LogP contribution >= 0.6 is 0 Å². The summed E-state index contributed by atoms with van der Waals surface area (Å²) in [6.07, 6.45) is 0.327. The molecule has 0 aromatic heterocycles. The molecule has 0 spiro atoms. The second kappa shape index (κ2) is 7.81. The number of amides is 1. The van der Waals surface area contributed by atoms with Crippen molar-refractivity contribution in [2.24, 2.45) is 5.92 Å². The van der Waals surface area contributed by atoms with Crippen LogP contribution in [0.15, 0.2) is 18.2 Å². The molecule has 0 aliphatic heterocycles. The van der Waals surface area contributed by atoms with Gasteiger partial charge in [-0.1, -0.05) is 26.0 Å². The molecule has 1 aromatic rings. The van der Waals surface area contributed by atoms with Gasteiger partial charge >= 0.3 is 5.97 Å². The van der Waals surface area contributed by atoms with Gasteiger partial charge in [0.25, 0.3) is 5.91 Å². The summed E-state index contributed by atoms with van der Waals surface area (Å²) in [4.78, 5) is 23.7. The lowest BCUT2D eigenvalue weighted by molar-refractivity contribution is -0.153. The first-order chi connectivity index (χ1) is 9.79. The van der Waals surface area contributed by atoms with Gasteiger partial charge in [0.05, 0.1) is 0 Å². The van der Waals surface area contributed by atoms with Crippen molar-refractivity contribution in [1.29, 1.82) is 0 Å². The van der Waals surface area contributed by atoms with E-state index in [-0.39, 0.29) is 11.9 Å². The van der Waals surface area contributed by atoms with Gasteiger partial charge in [0.2, 0.25) is 0 Å². The van der Waals surface area contributed by atoms with E-state index < -0.39 is 6.10 Å². The van der Waals surface area contributed by atoms with Crippen molar-refractivity contribution in [1.82, 2.24) is 0 Å². The number of benzene rings is 1. The maximum Gasteiger partial charge on any atom is 0.306 e. The molecule has 1 rings (SSSR count). The van der Waals surface area contributed by atoms with Crippen molar-refractivity contribution in [2.75, 3.05) is 5.32 Å². The monoisotopic (exact) mass is 291 g/mol. The average Bonchev–Trinajstić information content (AvgIpc) is 2.40. The summed E-state index contributed by atoms with van der Waals surface area (Å²) in [7, 11) is 0. The number of nitrogens with one attached hydrogen (secondary N) is 1. The molecule has 0 bridgehead atoms.